The Morgan fingerprint density at radius 2 is 1.84 bits per heavy atom. The average Bonchev–Trinajstić information content (AvgIpc) is 2.62. The van der Waals surface area contributed by atoms with Gasteiger partial charge in [0.05, 0.1) is 20.8 Å². The Morgan fingerprint density at radius 3 is 2.52 bits per heavy atom. The van der Waals surface area contributed by atoms with Crippen molar-refractivity contribution in [2.45, 2.75) is 5.75 Å². The van der Waals surface area contributed by atoms with E-state index in [2.05, 4.69) is 10.3 Å². The Kier molecular flexibility index (Phi) is 7.28. The van der Waals surface area contributed by atoms with Crippen LogP contribution in [0.3, 0.4) is 0 Å². The van der Waals surface area contributed by atoms with E-state index in [-0.39, 0.29) is 5.96 Å². The summed E-state index contributed by atoms with van der Waals surface area (Å²) < 4.78 is 22.5. The topological polar surface area (TPSA) is 85.9 Å². The fraction of sp³-hybridized carbons (Fsp3) is 0.278. The summed E-state index contributed by atoms with van der Waals surface area (Å²) >= 11 is 0. The molecule has 2 rings (SSSR count). The Morgan fingerprint density at radius 1 is 1.12 bits per heavy atom. The minimum atomic E-state index is -0.970. The van der Waals surface area contributed by atoms with E-state index in [9.17, 15) is 4.21 Å². The molecule has 1 unspecified atom stereocenters. The SMILES string of the molecule is COc1ccc(NC(N)=NCCS(=O)Cc2ccccc2)cc1OC. The molecule has 0 spiro atoms. The Bertz CT molecular complexity index is 736. The van der Waals surface area contributed by atoms with Crippen LogP contribution in [0.1, 0.15) is 5.56 Å². The number of methoxy groups -OCH3 is 2. The summed E-state index contributed by atoms with van der Waals surface area (Å²) in [4.78, 5) is 4.22. The van der Waals surface area contributed by atoms with Crippen LogP contribution < -0.4 is 20.5 Å². The summed E-state index contributed by atoms with van der Waals surface area (Å²) in [5.41, 5.74) is 7.67. The largest absolute Gasteiger partial charge is 0.493 e. The van der Waals surface area contributed by atoms with Gasteiger partial charge in [0.1, 0.15) is 0 Å². The summed E-state index contributed by atoms with van der Waals surface area (Å²) in [5, 5.41) is 2.98. The molecular formula is C18H23N3O3S. The van der Waals surface area contributed by atoms with Gasteiger partial charge in [0.15, 0.2) is 17.5 Å². The first-order valence-electron chi connectivity index (χ1n) is 7.80. The van der Waals surface area contributed by atoms with Crippen molar-refractivity contribution in [1.29, 1.82) is 0 Å². The molecule has 25 heavy (non-hydrogen) atoms. The molecule has 134 valence electrons. The molecule has 0 saturated carbocycles. The molecule has 0 radical (unpaired) electrons. The summed E-state index contributed by atoms with van der Waals surface area (Å²) in [6.45, 7) is 0.394. The number of ether oxygens (including phenoxy) is 2. The van der Waals surface area contributed by atoms with Gasteiger partial charge in [-0.3, -0.25) is 9.20 Å². The Hall–Kier alpha value is -2.54. The van der Waals surface area contributed by atoms with E-state index in [1.165, 1.54) is 0 Å². The number of rotatable bonds is 8. The zero-order valence-corrected chi connectivity index (χ0v) is 15.2. The smallest absolute Gasteiger partial charge is 0.193 e. The van der Waals surface area contributed by atoms with Crippen LogP contribution >= 0.6 is 0 Å². The first-order chi connectivity index (χ1) is 12.1. The molecule has 3 N–H and O–H groups in total. The summed E-state index contributed by atoms with van der Waals surface area (Å²) in [6, 6.07) is 15.1. The van der Waals surface area contributed by atoms with Crippen LogP contribution in [0.5, 0.6) is 11.5 Å². The Balaban J connectivity index is 1.84. The van der Waals surface area contributed by atoms with E-state index >= 15 is 0 Å². The van der Waals surface area contributed by atoms with Crippen LogP contribution in [-0.4, -0.2) is 36.7 Å². The number of hydrogen-bond acceptors (Lipinski definition) is 4. The molecule has 6 nitrogen and oxygen atoms in total. The van der Waals surface area contributed by atoms with Gasteiger partial charge in [-0.1, -0.05) is 30.3 Å². The van der Waals surface area contributed by atoms with Gasteiger partial charge in [-0.2, -0.15) is 0 Å². The highest BCUT2D eigenvalue weighted by atomic mass is 32.2. The van der Waals surface area contributed by atoms with E-state index in [1.807, 2.05) is 36.4 Å². The van der Waals surface area contributed by atoms with Gasteiger partial charge in [-0.25, -0.2) is 0 Å². The summed E-state index contributed by atoms with van der Waals surface area (Å²) in [5.74, 6) is 2.50. The molecule has 0 bridgehead atoms. The van der Waals surface area contributed by atoms with Crippen molar-refractivity contribution in [3.8, 4) is 11.5 Å². The van der Waals surface area contributed by atoms with Crippen molar-refractivity contribution < 1.29 is 13.7 Å². The molecule has 0 aliphatic heterocycles. The van der Waals surface area contributed by atoms with Crippen molar-refractivity contribution in [3.05, 3.63) is 54.1 Å². The number of nitrogens with zero attached hydrogens (tertiary/aromatic N) is 1. The maximum atomic E-state index is 12.1. The maximum Gasteiger partial charge on any atom is 0.193 e. The van der Waals surface area contributed by atoms with Crippen LogP contribution in [0.2, 0.25) is 0 Å². The molecule has 7 heteroatoms. The second-order valence-corrected chi connectivity index (χ2v) is 6.81. The van der Waals surface area contributed by atoms with Gasteiger partial charge in [0.25, 0.3) is 0 Å². The summed E-state index contributed by atoms with van der Waals surface area (Å²) in [7, 11) is 2.18. The van der Waals surface area contributed by atoms with E-state index < -0.39 is 10.8 Å². The first-order valence-corrected chi connectivity index (χ1v) is 9.29. The molecular weight excluding hydrogens is 338 g/mol. The van der Waals surface area contributed by atoms with Crippen molar-refractivity contribution in [2.24, 2.45) is 10.7 Å². The predicted molar refractivity (Wildman–Crippen MR) is 103 cm³/mol. The molecule has 2 aromatic rings. The molecule has 0 fully saturated rings. The highest BCUT2D eigenvalue weighted by Crippen LogP contribution is 2.29. The van der Waals surface area contributed by atoms with Crippen LogP contribution in [0.15, 0.2) is 53.5 Å². The van der Waals surface area contributed by atoms with E-state index in [0.717, 1.165) is 11.3 Å². The zero-order chi connectivity index (χ0) is 18.1. The minimum absolute atomic E-state index is 0.268. The third-order valence-corrected chi connectivity index (χ3v) is 4.72. The van der Waals surface area contributed by atoms with E-state index in [1.54, 1.807) is 26.4 Å². The third kappa shape index (κ3) is 6.11. The van der Waals surface area contributed by atoms with Crippen molar-refractivity contribution in [2.75, 3.05) is 31.8 Å². The van der Waals surface area contributed by atoms with Crippen LogP contribution in [0, 0.1) is 0 Å². The van der Waals surface area contributed by atoms with Crippen molar-refractivity contribution >= 4 is 22.4 Å². The molecule has 1 atom stereocenters. The van der Waals surface area contributed by atoms with Crippen LogP contribution in [-0.2, 0) is 16.6 Å². The number of aliphatic imine (C=N–C) groups is 1. The highest BCUT2D eigenvalue weighted by Gasteiger charge is 2.05. The molecule has 2 aromatic carbocycles. The third-order valence-electron chi connectivity index (χ3n) is 3.43. The van der Waals surface area contributed by atoms with Crippen molar-refractivity contribution in [3.63, 3.8) is 0 Å². The number of anilines is 1. The second kappa shape index (κ2) is 9.68. The van der Waals surface area contributed by atoms with Crippen molar-refractivity contribution in [1.82, 2.24) is 0 Å². The lowest BCUT2D eigenvalue weighted by molar-refractivity contribution is 0.355. The number of nitrogens with two attached hydrogens (primary N) is 1. The molecule has 0 saturated heterocycles. The molecule has 0 aromatic heterocycles. The molecule has 0 aliphatic carbocycles. The maximum absolute atomic E-state index is 12.1. The predicted octanol–water partition coefficient (Wildman–Crippen LogP) is 2.38. The monoisotopic (exact) mass is 361 g/mol. The minimum Gasteiger partial charge on any atom is -0.493 e. The van der Waals surface area contributed by atoms with E-state index in [4.69, 9.17) is 15.2 Å². The quantitative estimate of drug-likeness (QED) is 0.557. The lowest BCUT2D eigenvalue weighted by Crippen LogP contribution is -2.23. The van der Waals surface area contributed by atoms with Gasteiger partial charge in [-0.05, 0) is 17.7 Å². The standard InChI is InChI=1S/C18H23N3O3S/c1-23-16-9-8-15(12-17(16)24-2)21-18(19)20-10-11-25(22)13-14-6-4-3-5-7-14/h3-9,12H,10-11,13H2,1-2H3,(H3,19,20,21). The second-order valence-electron chi connectivity index (χ2n) is 5.24. The number of guanidine groups is 1. The fourth-order valence-electron chi connectivity index (χ4n) is 2.20. The van der Waals surface area contributed by atoms with Gasteiger partial charge in [0.2, 0.25) is 0 Å². The number of nitrogens with one attached hydrogen (secondary N) is 1. The lowest BCUT2D eigenvalue weighted by atomic mass is 10.2. The molecule has 0 aliphatic rings. The normalized spacial score (nSPS) is 12.5. The van der Waals surface area contributed by atoms with Gasteiger partial charge < -0.3 is 20.5 Å². The number of benzene rings is 2. The molecule has 0 heterocycles. The summed E-state index contributed by atoms with van der Waals surface area (Å²) in [6.07, 6.45) is 0. The average molecular weight is 361 g/mol. The Labute approximate surface area is 150 Å². The first kappa shape index (κ1) is 18.8. The van der Waals surface area contributed by atoms with Gasteiger partial charge in [0, 0.05) is 34.1 Å². The highest BCUT2D eigenvalue weighted by molar-refractivity contribution is 7.84. The van der Waals surface area contributed by atoms with Gasteiger partial charge >= 0.3 is 0 Å². The van der Waals surface area contributed by atoms with Crippen LogP contribution in [0.4, 0.5) is 5.69 Å². The van der Waals surface area contributed by atoms with E-state index in [0.29, 0.717) is 29.5 Å². The zero-order valence-electron chi connectivity index (χ0n) is 14.4. The number of hydrogen-bond donors (Lipinski definition) is 2. The lowest BCUT2D eigenvalue weighted by Gasteiger charge is -2.10. The van der Waals surface area contributed by atoms with Crippen LogP contribution in [0.25, 0.3) is 0 Å². The van der Waals surface area contributed by atoms with Gasteiger partial charge in [-0.15, -0.1) is 0 Å². The molecule has 0 amide bonds. The fourth-order valence-corrected chi connectivity index (χ4v) is 3.21.